The van der Waals surface area contributed by atoms with Gasteiger partial charge in [-0.3, -0.25) is 0 Å². The van der Waals surface area contributed by atoms with Gasteiger partial charge in [0.1, 0.15) is 9.71 Å². The fourth-order valence-corrected chi connectivity index (χ4v) is 2.91. The first-order chi connectivity index (χ1) is 8.56. The normalized spacial score (nSPS) is 11.2. The number of nitrogens with zero attached hydrogens (tertiary/aromatic N) is 1. The first kappa shape index (κ1) is 11.0. The summed E-state index contributed by atoms with van der Waals surface area (Å²) in [5.74, 6) is -1.00. The first-order valence-corrected chi connectivity index (χ1v) is 6.20. The van der Waals surface area contributed by atoms with E-state index in [-0.39, 0.29) is 4.88 Å². The monoisotopic (exact) mass is 258 g/mol. The average Bonchev–Trinajstić information content (AvgIpc) is 2.64. The number of nitrogen functional groups attached to an aromatic ring is 1. The number of aromatic carboxylic acids is 1. The van der Waals surface area contributed by atoms with Crippen molar-refractivity contribution in [3.8, 4) is 0 Å². The molecule has 3 rings (SSSR count). The number of aryl methyl sites for hydroxylation is 1. The standard InChI is InChI=1S/C13H10N2O2S/c1-6-2-3-9-7(4-6)5-8-10(14)11(13(16)17)18-12(8)15-9/h2-5H,14H2,1H3,(H,16,17). The van der Waals surface area contributed by atoms with Crippen molar-refractivity contribution in [2.75, 3.05) is 5.73 Å². The fraction of sp³-hybridized carbons (Fsp3) is 0.0769. The molecular formula is C13H10N2O2S. The number of carboxylic acids is 1. The summed E-state index contributed by atoms with van der Waals surface area (Å²) in [6.07, 6.45) is 0. The van der Waals surface area contributed by atoms with Crippen LogP contribution in [0, 0.1) is 6.92 Å². The molecule has 1 aromatic carbocycles. The van der Waals surface area contributed by atoms with Gasteiger partial charge in [0.15, 0.2) is 0 Å². The van der Waals surface area contributed by atoms with E-state index in [0.717, 1.165) is 33.2 Å². The average molecular weight is 258 g/mol. The lowest BCUT2D eigenvalue weighted by Gasteiger charge is -1.99. The molecule has 2 aromatic heterocycles. The molecule has 4 nitrogen and oxygen atoms in total. The number of fused-ring (bicyclic) bond motifs is 2. The Morgan fingerprint density at radius 2 is 2.17 bits per heavy atom. The second-order valence-corrected chi connectivity index (χ2v) is 5.19. The molecule has 0 atom stereocenters. The quantitative estimate of drug-likeness (QED) is 0.703. The number of carbonyl (C=O) groups is 1. The van der Waals surface area contributed by atoms with Gasteiger partial charge in [-0.15, -0.1) is 11.3 Å². The Hall–Kier alpha value is -2.14. The largest absolute Gasteiger partial charge is 0.477 e. The van der Waals surface area contributed by atoms with Gasteiger partial charge in [-0.2, -0.15) is 0 Å². The van der Waals surface area contributed by atoms with E-state index in [1.807, 2.05) is 31.2 Å². The number of benzene rings is 1. The predicted octanol–water partition coefficient (Wildman–Crippen LogP) is 3.04. The fourth-order valence-electron chi connectivity index (χ4n) is 1.98. The van der Waals surface area contributed by atoms with Gasteiger partial charge in [0.2, 0.25) is 0 Å². The molecule has 0 saturated carbocycles. The first-order valence-electron chi connectivity index (χ1n) is 5.39. The summed E-state index contributed by atoms with van der Waals surface area (Å²) < 4.78 is 0. The molecule has 3 N–H and O–H groups in total. The van der Waals surface area contributed by atoms with Crippen LogP contribution in [0.3, 0.4) is 0 Å². The van der Waals surface area contributed by atoms with E-state index in [9.17, 15) is 4.79 Å². The van der Waals surface area contributed by atoms with Gasteiger partial charge >= 0.3 is 5.97 Å². The Kier molecular flexibility index (Phi) is 2.24. The van der Waals surface area contributed by atoms with E-state index in [0.29, 0.717) is 10.5 Å². The molecule has 0 aliphatic carbocycles. The second kappa shape index (κ2) is 3.68. The van der Waals surface area contributed by atoms with Crippen molar-refractivity contribution in [3.63, 3.8) is 0 Å². The van der Waals surface area contributed by atoms with E-state index in [1.54, 1.807) is 0 Å². The van der Waals surface area contributed by atoms with Gasteiger partial charge in [0.25, 0.3) is 0 Å². The van der Waals surface area contributed by atoms with Gasteiger partial charge in [0.05, 0.1) is 11.2 Å². The maximum Gasteiger partial charge on any atom is 0.348 e. The minimum Gasteiger partial charge on any atom is -0.477 e. The van der Waals surface area contributed by atoms with Crippen LogP contribution in [-0.2, 0) is 0 Å². The van der Waals surface area contributed by atoms with Gasteiger partial charge in [-0.05, 0) is 25.1 Å². The molecule has 3 aromatic rings. The lowest BCUT2D eigenvalue weighted by atomic mass is 10.1. The lowest BCUT2D eigenvalue weighted by molar-refractivity contribution is 0.0703. The van der Waals surface area contributed by atoms with E-state index in [4.69, 9.17) is 10.8 Å². The summed E-state index contributed by atoms with van der Waals surface area (Å²) in [6, 6.07) is 7.83. The van der Waals surface area contributed by atoms with Crippen LogP contribution in [-0.4, -0.2) is 16.1 Å². The zero-order valence-corrected chi connectivity index (χ0v) is 10.4. The molecule has 0 unspecified atom stereocenters. The minimum absolute atomic E-state index is 0.157. The zero-order valence-electron chi connectivity index (χ0n) is 9.60. The van der Waals surface area contributed by atoms with Gasteiger partial charge in [-0.25, -0.2) is 9.78 Å². The zero-order chi connectivity index (χ0) is 12.9. The molecule has 0 amide bonds. The predicted molar refractivity (Wildman–Crippen MR) is 73.2 cm³/mol. The number of thiophene rings is 1. The molecule has 0 bridgehead atoms. The van der Waals surface area contributed by atoms with Gasteiger partial charge in [-0.1, -0.05) is 11.6 Å². The van der Waals surface area contributed by atoms with Crippen LogP contribution in [0.15, 0.2) is 24.3 Å². The van der Waals surface area contributed by atoms with Gasteiger partial charge in [0, 0.05) is 10.8 Å². The van der Waals surface area contributed by atoms with Crippen molar-refractivity contribution >= 4 is 44.1 Å². The Labute approximate surface area is 107 Å². The molecule has 18 heavy (non-hydrogen) atoms. The molecule has 0 aliphatic heterocycles. The second-order valence-electron chi connectivity index (χ2n) is 4.19. The number of carboxylic acid groups (broad SMARTS) is 1. The van der Waals surface area contributed by atoms with Crippen LogP contribution in [0.1, 0.15) is 15.2 Å². The van der Waals surface area contributed by atoms with E-state index < -0.39 is 5.97 Å². The molecular weight excluding hydrogens is 248 g/mol. The summed E-state index contributed by atoms with van der Waals surface area (Å²) >= 11 is 1.12. The number of anilines is 1. The van der Waals surface area contributed by atoms with Crippen LogP contribution in [0.25, 0.3) is 21.1 Å². The van der Waals surface area contributed by atoms with Crippen molar-refractivity contribution in [2.45, 2.75) is 6.92 Å². The molecule has 90 valence electrons. The molecule has 0 spiro atoms. The van der Waals surface area contributed by atoms with Crippen LogP contribution < -0.4 is 5.73 Å². The van der Waals surface area contributed by atoms with Crippen LogP contribution >= 0.6 is 11.3 Å². The minimum atomic E-state index is -1.00. The molecule has 2 heterocycles. The SMILES string of the molecule is Cc1ccc2nc3sc(C(=O)O)c(N)c3cc2c1. The summed E-state index contributed by atoms with van der Waals surface area (Å²) in [5, 5.41) is 10.7. The molecule has 0 aliphatic rings. The van der Waals surface area contributed by atoms with Crippen molar-refractivity contribution in [3.05, 3.63) is 34.7 Å². The van der Waals surface area contributed by atoms with Crippen molar-refractivity contribution in [1.82, 2.24) is 4.98 Å². The van der Waals surface area contributed by atoms with E-state index >= 15 is 0 Å². The Morgan fingerprint density at radius 1 is 1.39 bits per heavy atom. The Bertz CT molecular complexity index is 792. The number of hydrogen-bond acceptors (Lipinski definition) is 4. The summed E-state index contributed by atoms with van der Waals surface area (Å²) in [4.78, 5) is 16.3. The summed E-state index contributed by atoms with van der Waals surface area (Å²) in [6.45, 7) is 2.00. The summed E-state index contributed by atoms with van der Waals surface area (Å²) in [5.41, 5.74) is 8.15. The molecule has 0 saturated heterocycles. The van der Waals surface area contributed by atoms with Crippen molar-refractivity contribution in [1.29, 1.82) is 0 Å². The van der Waals surface area contributed by atoms with Gasteiger partial charge < -0.3 is 10.8 Å². The highest BCUT2D eigenvalue weighted by Crippen LogP contribution is 2.34. The number of hydrogen-bond donors (Lipinski definition) is 2. The number of nitrogens with two attached hydrogens (primary N) is 1. The third-order valence-corrected chi connectivity index (χ3v) is 3.97. The highest BCUT2D eigenvalue weighted by molar-refractivity contribution is 7.21. The number of pyridine rings is 1. The van der Waals surface area contributed by atoms with E-state index in [2.05, 4.69) is 4.98 Å². The Morgan fingerprint density at radius 3 is 2.89 bits per heavy atom. The molecule has 5 heteroatoms. The van der Waals surface area contributed by atoms with Crippen LogP contribution in [0.2, 0.25) is 0 Å². The highest BCUT2D eigenvalue weighted by Gasteiger charge is 2.16. The molecule has 0 fully saturated rings. The van der Waals surface area contributed by atoms with Crippen molar-refractivity contribution < 1.29 is 9.90 Å². The van der Waals surface area contributed by atoms with Crippen LogP contribution in [0.5, 0.6) is 0 Å². The highest BCUT2D eigenvalue weighted by atomic mass is 32.1. The number of rotatable bonds is 1. The maximum absolute atomic E-state index is 11.0. The molecule has 0 radical (unpaired) electrons. The smallest absolute Gasteiger partial charge is 0.348 e. The third kappa shape index (κ3) is 1.52. The topological polar surface area (TPSA) is 76.2 Å². The number of aromatic nitrogens is 1. The van der Waals surface area contributed by atoms with Crippen molar-refractivity contribution in [2.24, 2.45) is 0 Å². The van der Waals surface area contributed by atoms with Crippen LogP contribution in [0.4, 0.5) is 5.69 Å². The maximum atomic E-state index is 11.0. The summed E-state index contributed by atoms with van der Waals surface area (Å²) in [7, 11) is 0. The van der Waals surface area contributed by atoms with E-state index in [1.165, 1.54) is 0 Å². The third-order valence-electron chi connectivity index (χ3n) is 2.86. The lowest BCUT2D eigenvalue weighted by Crippen LogP contribution is -1.96. The Balaban J connectivity index is 2.42.